The summed E-state index contributed by atoms with van der Waals surface area (Å²) in [6.45, 7) is 4.03. The molecule has 1 saturated carbocycles. The van der Waals surface area contributed by atoms with E-state index in [0.29, 0.717) is 5.92 Å². The molecule has 2 nitrogen and oxygen atoms in total. The summed E-state index contributed by atoms with van der Waals surface area (Å²) in [6.07, 6.45) is 5.85. The molecule has 1 N–H and O–H groups in total. The zero-order chi connectivity index (χ0) is 10.6. The minimum atomic E-state index is -0.266. The van der Waals surface area contributed by atoms with Crippen molar-refractivity contribution in [3.05, 3.63) is 0 Å². The lowest BCUT2D eigenvalue weighted by Crippen LogP contribution is -2.27. The monoisotopic (exact) mass is 195 g/mol. The van der Waals surface area contributed by atoms with Crippen molar-refractivity contribution in [1.82, 2.24) is 0 Å². The first-order valence-electron chi connectivity index (χ1n) is 5.67. The molecule has 0 aromatic rings. The molecule has 0 heterocycles. The van der Waals surface area contributed by atoms with Crippen molar-refractivity contribution in [2.24, 2.45) is 11.3 Å². The van der Waals surface area contributed by atoms with Gasteiger partial charge in [-0.25, -0.2) is 0 Å². The van der Waals surface area contributed by atoms with Gasteiger partial charge < -0.3 is 5.11 Å². The molecular formula is C12H21NO. The predicted octanol–water partition coefficient (Wildman–Crippen LogP) is 2.87. The number of nitrogens with zero attached hydrogens (tertiary/aromatic N) is 1. The number of aliphatic hydroxyl groups excluding tert-OH is 1. The summed E-state index contributed by atoms with van der Waals surface area (Å²) >= 11 is 0. The van der Waals surface area contributed by atoms with Gasteiger partial charge in [-0.15, -0.1) is 0 Å². The zero-order valence-corrected chi connectivity index (χ0v) is 9.29. The predicted molar refractivity (Wildman–Crippen MR) is 56.6 cm³/mol. The molecule has 1 fully saturated rings. The third-order valence-electron chi connectivity index (χ3n) is 3.37. The van der Waals surface area contributed by atoms with Gasteiger partial charge in [-0.05, 0) is 38.5 Å². The fraction of sp³-hybridized carbons (Fsp3) is 0.917. The zero-order valence-electron chi connectivity index (χ0n) is 9.29. The van der Waals surface area contributed by atoms with Gasteiger partial charge in [0.2, 0.25) is 0 Å². The molecule has 3 atom stereocenters. The molecule has 0 spiro atoms. The first kappa shape index (κ1) is 11.5. The van der Waals surface area contributed by atoms with E-state index in [2.05, 4.69) is 13.0 Å². The van der Waals surface area contributed by atoms with Gasteiger partial charge in [0.1, 0.15) is 0 Å². The van der Waals surface area contributed by atoms with E-state index in [1.165, 1.54) is 12.8 Å². The number of nitriles is 1. The molecule has 3 unspecified atom stereocenters. The van der Waals surface area contributed by atoms with Crippen LogP contribution >= 0.6 is 0 Å². The van der Waals surface area contributed by atoms with Crippen LogP contribution in [0.25, 0.3) is 0 Å². The summed E-state index contributed by atoms with van der Waals surface area (Å²) in [5, 5.41) is 18.5. The highest BCUT2D eigenvalue weighted by atomic mass is 16.3. The maximum absolute atomic E-state index is 9.25. The normalized spacial score (nSPS) is 34.9. The van der Waals surface area contributed by atoms with E-state index in [1.54, 1.807) is 6.92 Å². The summed E-state index contributed by atoms with van der Waals surface area (Å²) in [6, 6.07) is 2.49. The lowest BCUT2D eigenvalue weighted by atomic mass is 9.68. The van der Waals surface area contributed by atoms with Crippen LogP contribution in [0.3, 0.4) is 0 Å². The first-order chi connectivity index (χ1) is 6.58. The number of hydrogen-bond acceptors (Lipinski definition) is 2. The van der Waals surface area contributed by atoms with Crippen LogP contribution in [0.4, 0.5) is 0 Å². The van der Waals surface area contributed by atoms with Crippen molar-refractivity contribution in [1.29, 1.82) is 5.26 Å². The van der Waals surface area contributed by atoms with Gasteiger partial charge in [0.25, 0.3) is 0 Å². The Balaban J connectivity index is 2.53. The maximum Gasteiger partial charge on any atom is 0.0689 e. The lowest BCUT2D eigenvalue weighted by Gasteiger charge is -2.34. The Morgan fingerprint density at radius 1 is 1.64 bits per heavy atom. The third kappa shape index (κ3) is 2.99. The van der Waals surface area contributed by atoms with E-state index in [1.807, 2.05) is 0 Å². The van der Waals surface area contributed by atoms with E-state index < -0.39 is 0 Å². The third-order valence-corrected chi connectivity index (χ3v) is 3.37. The molecule has 0 bridgehead atoms. The van der Waals surface area contributed by atoms with Gasteiger partial charge in [0.15, 0.2) is 0 Å². The fourth-order valence-electron chi connectivity index (χ4n) is 2.53. The molecule has 0 radical (unpaired) electrons. The van der Waals surface area contributed by atoms with E-state index >= 15 is 0 Å². The summed E-state index contributed by atoms with van der Waals surface area (Å²) in [7, 11) is 0. The SMILES string of the molecule is CC(O)CCC1(C#N)CCCC(C)C1. The minimum absolute atomic E-state index is 0.130. The van der Waals surface area contributed by atoms with Crippen LogP contribution in [0.1, 0.15) is 52.4 Å². The molecule has 2 heteroatoms. The first-order valence-corrected chi connectivity index (χ1v) is 5.67. The molecule has 1 rings (SSSR count). The van der Waals surface area contributed by atoms with Crippen molar-refractivity contribution in [3.63, 3.8) is 0 Å². The van der Waals surface area contributed by atoms with Crippen LogP contribution < -0.4 is 0 Å². The van der Waals surface area contributed by atoms with Gasteiger partial charge >= 0.3 is 0 Å². The number of rotatable bonds is 3. The highest BCUT2D eigenvalue weighted by molar-refractivity contribution is 5.01. The van der Waals surface area contributed by atoms with E-state index in [-0.39, 0.29) is 11.5 Å². The molecule has 0 aromatic heterocycles. The second-order valence-corrected chi connectivity index (χ2v) is 4.98. The smallest absolute Gasteiger partial charge is 0.0689 e. The molecule has 0 aromatic carbocycles. The number of hydrogen-bond donors (Lipinski definition) is 1. The summed E-state index contributed by atoms with van der Waals surface area (Å²) < 4.78 is 0. The summed E-state index contributed by atoms with van der Waals surface area (Å²) in [5.41, 5.74) is -0.130. The van der Waals surface area contributed by atoms with Crippen molar-refractivity contribution in [2.75, 3.05) is 0 Å². The summed E-state index contributed by atoms with van der Waals surface area (Å²) in [5.74, 6) is 0.678. The topological polar surface area (TPSA) is 44.0 Å². The fourth-order valence-corrected chi connectivity index (χ4v) is 2.53. The molecule has 80 valence electrons. The van der Waals surface area contributed by atoms with E-state index in [0.717, 1.165) is 25.7 Å². The second kappa shape index (κ2) is 4.79. The van der Waals surface area contributed by atoms with E-state index in [4.69, 9.17) is 0 Å². The minimum Gasteiger partial charge on any atom is -0.393 e. The van der Waals surface area contributed by atoms with Crippen LogP contribution in [-0.2, 0) is 0 Å². The Morgan fingerprint density at radius 2 is 2.36 bits per heavy atom. The van der Waals surface area contributed by atoms with Crippen LogP contribution in [0.15, 0.2) is 0 Å². The number of aliphatic hydroxyl groups is 1. The molecule has 0 aliphatic heterocycles. The Kier molecular flexibility index (Phi) is 3.95. The Labute approximate surface area is 86.9 Å². The van der Waals surface area contributed by atoms with Gasteiger partial charge in [-0.3, -0.25) is 0 Å². The molecule has 1 aliphatic carbocycles. The van der Waals surface area contributed by atoms with Crippen LogP contribution in [0.2, 0.25) is 0 Å². The van der Waals surface area contributed by atoms with Gasteiger partial charge in [-0.2, -0.15) is 5.26 Å². The van der Waals surface area contributed by atoms with Crippen molar-refractivity contribution < 1.29 is 5.11 Å². The average Bonchev–Trinajstić information content (AvgIpc) is 2.15. The highest BCUT2D eigenvalue weighted by Gasteiger charge is 2.34. The highest BCUT2D eigenvalue weighted by Crippen LogP contribution is 2.42. The Bertz CT molecular complexity index is 219. The summed E-state index contributed by atoms with van der Waals surface area (Å²) in [4.78, 5) is 0. The molecule has 1 aliphatic rings. The molecule has 0 saturated heterocycles. The van der Waals surface area contributed by atoms with Gasteiger partial charge in [-0.1, -0.05) is 19.8 Å². The van der Waals surface area contributed by atoms with Crippen molar-refractivity contribution >= 4 is 0 Å². The lowest BCUT2D eigenvalue weighted by molar-refractivity contribution is 0.135. The van der Waals surface area contributed by atoms with Crippen LogP contribution in [0.5, 0.6) is 0 Å². The quantitative estimate of drug-likeness (QED) is 0.752. The molecular weight excluding hydrogens is 174 g/mol. The average molecular weight is 195 g/mol. The Morgan fingerprint density at radius 3 is 2.86 bits per heavy atom. The molecule has 14 heavy (non-hydrogen) atoms. The van der Waals surface area contributed by atoms with Crippen LogP contribution in [0, 0.1) is 22.7 Å². The van der Waals surface area contributed by atoms with Gasteiger partial charge in [0.05, 0.1) is 17.6 Å². The molecule has 0 amide bonds. The second-order valence-electron chi connectivity index (χ2n) is 4.98. The van der Waals surface area contributed by atoms with E-state index in [9.17, 15) is 10.4 Å². The largest absolute Gasteiger partial charge is 0.393 e. The van der Waals surface area contributed by atoms with Crippen molar-refractivity contribution in [2.45, 2.75) is 58.5 Å². The Hall–Kier alpha value is -0.550. The van der Waals surface area contributed by atoms with Crippen molar-refractivity contribution in [3.8, 4) is 6.07 Å². The van der Waals surface area contributed by atoms with Crippen LogP contribution in [-0.4, -0.2) is 11.2 Å². The maximum atomic E-state index is 9.25. The standard InChI is InChI=1S/C12H21NO/c1-10-4-3-6-12(8-10,9-13)7-5-11(2)14/h10-11,14H,3-8H2,1-2H3. The van der Waals surface area contributed by atoms with Gasteiger partial charge in [0, 0.05) is 0 Å².